The van der Waals surface area contributed by atoms with Crippen LogP contribution in [0.1, 0.15) is 11.3 Å². The van der Waals surface area contributed by atoms with E-state index in [4.69, 9.17) is 0 Å². The first kappa shape index (κ1) is 11.4. The molecule has 1 N–H and O–H groups in total. The van der Waals surface area contributed by atoms with Gasteiger partial charge in [0, 0.05) is 43.4 Å². The van der Waals surface area contributed by atoms with Gasteiger partial charge in [0.1, 0.15) is 0 Å². The molecule has 0 unspecified atom stereocenters. The van der Waals surface area contributed by atoms with Gasteiger partial charge in [0.05, 0.1) is 0 Å². The van der Waals surface area contributed by atoms with Crippen LogP contribution in [0, 0.1) is 6.92 Å². The second-order valence-corrected chi connectivity index (χ2v) is 4.00. The Labute approximate surface area is 99.9 Å². The Morgan fingerprint density at radius 3 is 2.88 bits per heavy atom. The van der Waals surface area contributed by atoms with Crippen LogP contribution in [0.2, 0.25) is 0 Å². The molecule has 0 fully saturated rings. The zero-order valence-electron chi connectivity index (χ0n) is 9.97. The molecule has 0 radical (unpaired) electrons. The second-order valence-electron chi connectivity index (χ2n) is 4.00. The summed E-state index contributed by atoms with van der Waals surface area (Å²) in [4.78, 5) is 15.6. The SMILES string of the molecule is Cc1cc(NCc2cccnc2)cc(=O)n1C. The summed E-state index contributed by atoms with van der Waals surface area (Å²) >= 11 is 0. The monoisotopic (exact) mass is 229 g/mol. The highest BCUT2D eigenvalue weighted by atomic mass is 16.1. The quantitative estimate of drug-likeness (QED) is 0.871. The van der Waals surface area contributed by atoms with Crippen molar-refractivity contribution in [2.45, 2.75) is 13.5 Å². The lowest BCUT2D eigenvalue weighted by atomic mass is 10.2. The molecule has 88 valence electrons. The maximum atomic E-state index is 11.6. The highest BCUT2D eigenvalue weighted by Crippen LogP contribution is 2.08. The standard InChI is InChI=1S/C13H15N3O/c1-10-6-12(7-13(17)16(10)2)15-9-11-4-3-5-14-8-11/h3-8,15H,9H2,1-2H3. The normalized spacial score (nSPS) is 10.2. The fourth-order valence-corrected chi connectivity index (χ4v) is 1.58. The third-order valence-electron chi connectivity index (χ3n) is 2.72. The van der Waals surface area contributed by atoms with Crippen molar-refractivity contribution >= 4 is 5.69 Å². The molecule has 0 atom stereocenters. The molecule has 0 spiro atoms. The maximum Gasteiger partial charge on any atom is 0.252 e. The number of aromatic nitrogens is 2. The van der Waals surface area contributed by atoms with Crippen molar-refractivity contribution in [3.8, 4) is 0 Å². The van der Waals surface area contributed by atoms with Crippen LogP contribution in [-0.4, -0.2) is 9.55 Å². The molecule has 0 aromatic carbocycles. The van der Waals surface area contributed by atoms with Crippen LogP contribution in [0.25, 0.3) is 0 Å². The van der Waals surface area contributed by atoms with E-state index in [0.29, 0.717) is 6.54 Å². The number of hydrogen-bond donors (Lipinski definition) is 1. The molecule has 2 aromatic rings. The predicted octanol–water partition coefficient (Wildman–Crippen LogP) is 1.70. The molecule has 0 aliphatic rings. The molecule has 17 heavy (non-hydrogen) atoms. The Kier molecular flexibility index (Phi) is 3.23. The minimum absolute atomic E-state index is 0.00122. The molecule has 4 nitrogen and oxygen atoms in total. The third kappa shape index (κ3) is 2.72. The van der Waals surface area contributed by atoms with E-state index >= 15 is 0 Å². The van der Waals surface area contributed by atoms with Crippen molar-refractivity contribution in [2.24, 2.45) is 7.05 Å². The molecule has 2 heterocycles. The van der Waals surface area contributed by atoms with E-state index < -0.39 is 0 Å². The lowest BCUT2D eigenvalue weighted by Gasteiger charge is -2.09. The van der Waals surface area contributed by atoms with Gasteiger partial charge in [-0.25, -0.2) is 0 Å². The first-order valence-electron chi connectivity index (χ1n) is 5.47. The van der Waals surface area contributed by atoms with Crippen molar-refractivity contribution in [3.63, 3.8) is 0 Å². The molecule has 0 bridgehead atoms. The van der Waals surface area contributed by atoms with Crippen LogP contribution in [0.3, 0.4) is 0 Å². The van der Waals surface area contributed by atoms with E-state index in [1.807, 2.05) is 25.1 Å². The topological polar surface area (TPSA) is 46.9 Å². The van der Waals surface area contributed by atoms with E-state index in [1.165, 1.54) is 0 Å². The minimum atomic E-state index is -0.00122. The number of anilines is 1. The molecular formula is C13H15N3O. The Bertz CT molecular complexity index is 561. The number of pyridine rings is 2. The van der Waals surface area contributed by atoms with Crippen molar-refractivity contribution in [2.75, 3.05) is 5.32 Å². The first-order valence-corrected chi connectivity index (χ1v) is 5.47. The maximum absolute atomic E-state index is 11.6. The van der Waals surface area contributed by atoms with Gasteiger partial charge in [-0.15, -0.1) is 0 Å². The van der Waals surface area contributed by atoms with Crippen LogP contribution < -0.4 is 10.9 Å². The largest absolute Gasteiger partial charge is 0.381 e. The second kappa shape index (κ2) is 4.82. The molecule has 2 rings (SSSR count). The van der Waals surface area contributed by atoms with Gasteiger partial charge in [0.25, 0.3) is 5.56 Å². The van der Waals surface area contributed by atoms with Gasteiger partial charge in [-0.2, -0.15) is 0 Å². The van der Waals surface area contributed by atoms with Gasteiger partial charge in [0.2, 0.25) is 0 Å². The zero-order valence-corrected chi connectivity index (χ0v) is 9.97. The number of nitrogens with one attached hydrogen (secondary N) is 1. The van der Waals surface area contributed by atoms with Gasteiger partial charge in [-0.05, 0) is 24.6 Å². The summed E-state index contributed by atoms with van der Waals surface area (Å²) in [5.41, 5.74) is 2.87. The molecule has 2 aromatic heterocycles. The van der Waals surface area contributed by atoms with Gasteiger partial charge in [0.15, 0.2) is 0 Å². The fourth-order valence-electron chi connectivity index (χ4n) is 1.58. The predicted molar refractivity (Wildman–Crippen MR) is 68.0 cm³/mol. The summed E-state index contributed by atoms with van der Waals surface area (Å²) in [5, 5.41) is 3.22. The van der Waals surface area contributed by atoms with Crippen molar-refractivity contribution < 1.29 is 0 Å². The summed E-state index contributed by atoms with van der Waals surface area (Å²) in [6.45, 7) is 2.58. The van der Waals surface area contributed by atoms with Crippen molar-refractivity contribution in [1.29, 1.82) is 0 Å². The Morgan fingerprint density at radius 1 is 1.41 bits per heavy atom. The molecule has 0 amide bonds. The van der Waals surface area contributed by atoms with E-state index in [0.717, 1.165) is 16.9 Å². The Hall–Kier alpha value is -2.10. The highest BCUT2D eigenvalue weighted by molar-refractivity contribution is 5.43. The zero-order chi connectivity index (χ0) is 12.3. The van der Waals surface area contributed by atoms with Crippen LogP contribution >= 0.6 is 0 Å². The van der Waals surface area contributed by atoms with E-state index in [2.05, 4.69) is 10.3 Å². The summed E-state index contributed by atoms with van der Waals surface area (Å²) in [6, 6.07) is 7.45. The van der Waals surface area contributed by atoms with Crippen LogP contribution in [0.15, 0.2) is 41.5 Å². The summed E-state index contributed by atoms with van der Waals surface area (Å²) < 4.78 is 1.62. The number of nitrogens with zero attached hydrogens (tertiary/aromatic N) is 2. The van der Waals surface area contributed by atoms with Gasteiger partial charge in [-0.1, -0.05) is 6.07 Å². The first-order chi connectivity index (χ1) is 8.16. The minimum Gasteiger partial charge on any atom is -0.381 e. The molecule has 0 saturated carbocycles. The van der Waals surface area contributed by atoms with E-state index in [1.54, 1.807) is 30.1 Å². The molecule has 4 heteroatoms. The summed E-state index contributed by atoms with van der Waals surface area (Å²) in [6.07, 6.45) is 3.55. The molecular weight excluding hydrogens is 214 g/mol. The lowest BCUT2D eigenvalue weighted by Crippen LogP contribution is -2.18. The smallest absolute Gasteiger partial charge is 0.252 e. The molecule has 0 aliphatic carbocycles. The molecule has 0 saturated heterocycles. The Balaban J connectivity index is 2.13. The number of rotatable bonds is 3. The lowest BCUT2D eigenvalue weighted by molar-refractivity contribution is 0.818. The number of hydrogen-bond acceptors (Lipinski definition) is 3. The summed E-state index contributed by atoms with van der Waals surface area (Å²) in [7, 11) is 1.77. The average molecular weight is 229 g/mol. The third-order valence-corrected chi connectivity index (χ3v) is 2.72. The van der Waals surface area contributed by atoms with Crippen LogP contribution in [0.5, 0.6) is 0 Å². The average Bonchev–Trinajstić information content (AvgIpc) is 2.34. The highest BCUT2D eigenvalue weighted by Gasteiger charge is 1.99. The van der Waals surface area contributed by atoms with Crippen molar-refractivity contribution in [3.05, 3.63) is 58.3 Å². The fraction of sp³-hybridized carbons (Fsp3) is 0.231. The van der Waals surface area contributed by atoms with Crippen LogP contribution in [0.4, 0.5) is 5.69 Å². The Morgan fingerprint density at radius 2 is 2.24 bits per heavy atom. The van der Waals surface area contributed by atoms with Gasteiger partial charge < -0.3 is 9.88 Å². The van der Waals surface area contributed by atoms with Gasteiger partial charge >= 0.3 is 0 Å². The van der Waals surface area contributed by atoms with E-state index in [-0.39, 0.29) is 5.56 Å². The van der Waals surface area contributed by atoms with Crippen LogP contribution in [-0.2, 0) is 13.6 Å². The van der Waals surface area contributed by atoms with Crippen molar-refractivity contribution in [1.82, 2.24) is 9.55 Å². The van der Waals surface area contributed by atoms with E-state index in [9.17, 15) is 4.79 Å². The number of aryl methyl sites for hydroxylation is 1. The van der Waals surface area contributed by atoms with Gasteiger partial charge in [-0.3, -0.25) is 9.78 Å². The molecule has 0 aliphatic heterocycles. The summed E-state index contributed by atoms with van der Waals surface area (Å²) in [5.74, 6) is 0.